The monoisotopic (exact) mass is 1010 g/mol. The number of benzene rings is 4. The number of carboxylic acids is 1. The van der Waals surface area contributed by atoms with Gasteiger partial charge in [-0.2, -0.15) is 0 Å². The van der Waals surface area contributed by atoms with Gasteiger partial charge in [-0.3, -0.25) is 19.2 Å². The van der Waals surface area contributed by atoms with Crippen LogP contribution < -0.4 is 39.3 Å². The Bertz CT molecular complexity index is 2200. The molecule has 0 heterocycles. The molecule has 70 heavy (non-hydrogen) atoms. The SMILES string of the molecule is CC(=O)C(C)(C)Sc1ccc(N(CC(C)C)CC(C)C)c(NC(=O)Cc2ccc(F)cc2F)c1.CC(C)CN(CC(C)C)c1ccc(SC(C)(C)C(=O)O)cc1NC(=O)Cc1ccc(F)cc1F.[Li+].[OH-]. The van der Waals surface area contributed by atoms with Crippen molar-refractivity contribution >= 4 is 69.8 Å². The summed E-state index contributed by atoms with van der Waals surface area (Å²) < 4.78 is 53.0. The molecule has 4 rings (SSSR count). The van der Waals surface area contributed by atoms with Gasteiger partial charge in [0.05, 0.1) is 40.3 Å². The van der Waals surface area contributed by atoms with E-state index in [1.807, 2.05) is 44.2 Å². The number of nitrogens with zero attached hydrogens (tertiary/aromatic N) is 2. The molecule has 0 atom stereocenters. The zero-order chi connectivity index (χ0) is 51.3. The van der Waals surface area contributed by atoms with Crippen LogP contribution in [-0.2, 0) is 32.0 Å². The molecule has 0 saturated heterocycles. The molecule has 4 N–H and O–H groups in total. The predicted molar refractivity (Wildman–Crippen MR) is 274 cm³/mol. The molecular formula is C53H71F4LiN4O6S2. The summed E-state index contributed by atoms with van der Waals surface area (Å²) in [6, 6.07) is 17.7. The number of aliphatic carboxylic acids is 1. The quantitative estimate of drug-likeness (QED) is 0.0395. The zero-order valence-electron chi connectivity index (χ0n) is 43.2. The van der Waals surface area contributed by atoms with Crippen molar-refractivity contribution in [1.29, 1.82) is 0 Å². The Morgan fingerprint density at radius 2 is 0.886 bits per heavy atom. The Kier molecular flexibility index (Phi) is 25.9. The van der Waals surface area contributed by atoms with Gasteiger partial charge in [-0.15, -0.1) is 23.5 Å². The van der Waals surface area contributed by atoms with Crippen LogP contribution in [0.25, 0.3) is 0 Å². The predicted octanol–water partition coefficient (Wildman–Crippen LogP) is 9.77. The number of carbonyl (C=O) groups excluding carboxylic acids is 3. The smallest absolute Gasteiger partial charge is 0.870 e. The molecule has 10 nitrogen and oxygen atoms in total. The summed E-state index contributed by atoms with van der Waals surface area (Å²) in [7, 11) is 0. The molecule has 17 heteroatoms. The van der Waals surface area contributed by atoms with E-state index in [2.05, 4.69) is 75.8 Å². The van der Waals surface area contributed by atoms with E-state index in [1.165, 1.54) is 35.7 Å². The molecule has 380 valence electrons. The second-order valence-corrected chi connectivity index (χ2v) is 23.1. The van der Waals surface area contributed by atoms with Crippen molar-refractivity contribution in [2.45, 2.75) is 122 Å². The number of halogens is 4. The molecule has 0 aliphatic carbocycles. The maximum absolute atomic E-state index is 14.1. The van der Waals surface area contributed by atoms with E-state index in [0.717, 1.165) is 66.7 Å². The van der Waals surface area contributed by atoms with Gasteiger partial charge in [-0.25, -0.2) is 17.6 Å². The molecular weight excluding hydrogens is 936 g/mol. The third-order valence-corrected chi connectivity index (χ3v) is 12.8. The van der Waals surface area contributed by atoms with E-state index < -0.39 is 50.5 Å². The first-order chi connectivity index (χ1) is 31.6. The number of rotatable bonds is 22. The topological polar surface area (TPSA) is 149 Å². The summed E-state index contributed by atoms with van der Waals surface area (Å²) in [6.07, 6.45) is -0.464. The Hall–Kier alpha value is -4.46. The van der Waals surface area contributed by atoms with Gasteiger partial charge in [0.1, 0.15) is 33.8 Å². The number of amides is 2. The van der Waals surface area contributed by atoms with Gasteiger partial charge in [0.2, 0.25) is 11.8 Å². The normalized spacial score (nSPS) is 11.4. The van der Waals surface area contributed by atoms with Gasteiger partial charge in [-0.05, 0) is 118 Å². The van der Waals surface area contributed by atoms with Gasteiger partial charge < -0.3 is 31.0 Å². The van der Waals surface area contributed by atoms with Gasteiger partial charge >= 0.3 is 24.8 Å². The van der Waals surface area contributed by atoms with E-state index in [-0.39, 0.29) is 54.1 Å². The Balaban J connectivity index is 0.000000681. The van der Waals surface area contributed by atoms with Crippen molar-refractivity contribution in [2.75, 3.05) is 46.6 Å². The van der Waals surface area contributed by atoms with Crippen LogP contribution in [0.3, 0.4) is 0 Å². The molecule has 0 saturated carbocycles. The largest absolute Gasteiger partial charge is 1.00 e. The number of hydrogen-bond donors (Lipinski definition) is 3. The number of anilines is 4. The third-order valence-electron chi connectivity index (χ3n) is 10.3. The summed E-state index contributed by atoms with van der Waals surface area (Å²) in [5, 5.41) is 15.3. The molecule has 0 aromatic heterocycles. The first-order valence-electron chi connectivity index (χ1n) is 22.9. The van der Waals surface area contributed by atoms with Crippen molar-refractivity contribution in [1.82, 2.24) is 0 Å². The van der Waals surface area contributed by atoms with Crippen molar-refractivity contribution in [3.63, 3.8) is 0 Å². The van der Waals surface area contributed by atoms with Crippen molar-refractivity contribution in [3.05, 3.63) is 107 Å². The van der Waals surface area contributed by atoms with Gasteiger partial charge in [-0.1, -0.05) is 67.5 Å². The van der Waals surface area contributed by atoms with E-state index >= 15 is 0 Å². The Morgan fingerprint density at radius 3 is 1.17 bits per heavy atom. The van der Waals surface area contributed by atoms with Crippen LogP contribution >= 0.6 is 23.5 Å². The maximum Gasteiger partial charge on any atom is 1.00 e. The molecule has 4 aromatic rings. The number of carbonyl (C=O) groups is 4. The first kappa shape index (κ1) is 63.6. The Morgan fingerprint density at radius 1 is 0.557 bits per heavy atom. The standard InChI is InChI=1S/C27H36F2N2O2S.C26H34F2N2O3S.Li.H2O/c1-17(2)15-31(16-18(3)4)25-11-10-22(34-27(6,7)19(5)32)14-24(25)30-26(33)12-20-8-9-21(28)13-23(20)29;1-16(2)14-30(15-17(3)4)23-10-9-20(34-26(5,6)25(32)33)13-22(23)29-24(31)11-18-7-8-19(27)12-21(18)28;;/h8-11,13-14,17-18H,12,15-16H2,1-7H3,(H,30,33);7-10,12-13,16-17H,11,14-15H2,1-6H3,(H,29,31)(H,32,33);;1H2/q;;+1;/p-1. The fraction of sp³-hybridized carbons (Fsp3) is 0.472. The number of carboxylic acid groups (broad SMARTS) is 1. The maximum atomic E-state index is 14.1. The van der Waals surface area contributed by atoms with Crippen LogP contribution in [0.5, 0.6) is 0 Å². The average Bonchev–Trinajstić information content (AvgIpc) is 3.19. The number of nitrogens with one attached hydrogen (secondary N) is 2. The molecule has 0 radical (unpaired) electrons. The molecule has 0 fully saturated rings. The van der Waals surface area contributed by atoms with Gasteiger partial charge in [0.25, 0.3) is 0 Å². The van der Waals surface area contributed by atoms with Crippen LogP contribution in [0.15, 0.2) is 82.6 Å². The minimum atomic E-state index is -1.06. The van der Waals surface area contributed by atoms with Crippen molar-refractivity contribution < 1.29 is 66.2 Å². The number of hydrogen-bond acceptors (Lipinski definition) is 9. The van der Waals surface area contributed by atoms with Gasteiger partial charge in [0.15, 0.2) is 0 Å². The van der Waals surface area contributed by atoms with Crippen LogP contribution in [0.1, 0.15) is 101 Å². The summed E-state index contributed by atoms with van der Waals surface area (Å²) in [5.74, 6) is -3.08. The first-order valence-corrected chi connectivity index (χ1v) is 24.6. The van der Waals surface area contributed by atoms with Crippen LogP contribution in [0.4, 0.5) is 40.3 Å². The second-order valence-electron chi connectivity index (χ2n) is 19.8. The minimum absolute atomic E-state index is 0. The molecule has 4 aromatic carbocycles. The van der Waals surface area contributed by atoms with E-state index in [1.54, 1.807) is 26.8 Å². The molecule has 2 amide bonds. The van der Waals surface area contributed by atoms with Crippen molar-refractivity contribution in [3.8, 4) is 0 Å². The molecule has 0 unspecified atom stereocenters. The second kappa shape index (κ2) is 28.5. The number of Topliss-reactive ketones (excluding diaryl/α,β-unsaturated/α-hetero) is 1. The fourth-order valence-electron chi connectivity index (χ4n) is 6.98. The zero-order valence-corrected chi connectivity index (χ0v) is 44.9. The van der Waals surface area contributed by atoms with Crippen LogP contribution in [-0.4, -0.2) is 69.8 Å². The summed E-state index contributed by atoms with van der Waals surface area (Å²) >= 11 is 2.61. The van der Waals surface area contributed by atoms with Crippen molar-refractivity contribution in [2.24, 2.45) is 23.7 Å². The average molecular weight is 1010 g/mol. The third kappa shape index (κ3) is 20.7. The molecule has 0 spiro atoms. The molecule has 0 aliphatic heterocycles. The van der Waals surface area contributed by atoms with E-state index in [4.69, 9.17) is 0 Å². The van der Waals surface area contributed by atoms with Crippen LogP contribution in [0.2, 0.25) is 0 Å². The summed E-state index contributed by atoms with van der Waals surface area (Å²) in [6.45, 7) is 28.7. The summed E-state index contributed by atoms with van der Waals surface area (Å²) in [4.78, 5) is 55.4. The Labute approximate surface area is 433 Å². The van der Waals surface area contributed by atoms with E-state index in [0.29, 0.717) is 39.9 Å². The van der Waals surface area contributed by atoms with Gasteiger partial charge in [0, 0.05) is 48.1 Å². The molecule has 0 bridgehead atoms. The molecule has 0 aliphatic rings. The number of ketones is 1. The number of thioether (sulfide) groups is 2. The minimum Gasteiger partial charge on any atom is -0.870 e. The summed E-state index contributed by atoms with van der Waals surface area (Å²) in [5.41, 5.74) is 3.05. The van der Waals surface area contributed by atoms with Crippen LogP contribution in [0, 0.1) is 46.9 Å². The fourth-order valence-corrected chi connectivity index (χ4v) is 9.02. The van der Waals surface area contributed by atoms with E-state index in [9.17, 15) is 41.8 Å².